The highest BCUT2D eigenvalue weighted by Gasteiger charge is 2.33. The number of likely N-dealkylation sites (tertiary alicyclic amines) is 1. The number of carbonyl (C=O) groups excluding carboxylic acids is 1. The zero-order valence-corrected chi connectivity index (χ0v) is 21.6. The van der Waals surface area contributed by atoms with Crippen molar-refractivity contribution in [3.05, 3.63) is 82.7 Å². The van der Waals surface area contributed by atoms with Crippen molar-refractivity contribution in [1.29, 1.82) is 0 Å². The standard InChI is InChI=1S/C30H30F2N4O2/c1-18-11-21(20-6-7-26-27(15-20)34-19(2)33-26)12-23-17-35(9-10-38-29(18)23)30(37)36-8-4-3-5-28(36)22-13-24(31)16-25(32)14-22/h6-7,11-16,28H,3-5,8-10,17H2,1-2H3,(H,33,34). The van der Waals surface area contributed by atoms with Crippen molar-refractivity contribution in [1.82, 2.24) is 19.8 Å². The molecule has 0 radical (unpaired) electrons. The molecule has 8 heteroatoms. The highest BCUT2D eigenvalue weighted by atomic mass is 19.1. The number of amides is 2. The molecule has 0 aliphatic carbocycles. The SMILES string of the molecule is Cc1nc2ccc(-c3cc(C)c4c(c3)CN(C(=O)N3CCCCC3c3cc(F)cc(F)c3)CCO4)cc2[nH]1. The molecule has 38 heavy (non-hydrogen) atoms. The molecule has 2 aliphatic rings. The van der Waals surface area contributed by atoms with Crippen LogP contribution in [0.25, 0.3) is 22.2 Å². The van der Waals surface area contributed by atoms with Crippen LogP contribution in [0.15, 0.2) is 48.5 Å². The first-order valence-corrected chi connectivity index (χ1v) is 13.1. The van der Waals surface area contributed by atoms with Crippen LogP contribution < -0.4 is 4.74 Å². The van der Waals surface area contributed by atoms with Gasteiger partial charge in [0.25, 0.3) is 0 Å². The van der Waals surface area contributed by atoms with Gasteiger partial charge in [0.1, 0.15) is 29.8 Å². The molecule has 4 aromatic rings. The molecule has 1 N–H and O–H groups in total. The van der Waals surface area contributed by atoms with Gasteiger partial charge >= 0.3 is 6.03 Å². The summed E-state index contributed by atoms with van der Waals surface area (Å²) in [5, 5.41) is 0. The number of fused-ring (bicyclic) bond motifs is 2. The Bertz CT molecular complexity index is 1510. The number of hydrogen-bond donors (Lipinski definition) is 1. The second-order valence-electron chi connectivity index (χ2n) is 10.3. The van der Waals surface area contributed by atoms with E-state index in [2.05, 4.69) is 34.2 Å². The van der Waals surface area contributed by atoms with Crippen LogP contribution in [0.2, 0.25) is 0 Å². The topological polar surface area (TPSA) is 61.5 Å². The normalized spacial score (nSPS) is 17.7. The maximum absolute atomic E-state index is 14.0. The molecule has 2 amide bonds. The maximum atomic E-state index is 14.0. The number of halogens is 2. The van der Waals surface area contributed by atoms with Gasteiger partial charge < -0.3 is 19.5 Å². The van der Waals surface area contributed by atoms with Crippen LogP contribution in [0.4, 0.5) is 13.6 Å². The molecule has 6 rings (SSSR count). The predicted octanol–water partition coefficient (Wildman–Crippen LogP) is 6.67. The smallest absolute Gasteiger partial charge is 0.320 e. The Labute approximate surface area is 220 Å². The second kappa shape index (κ2) is 9.74. The Hall–Kier alpha value is -3.94. The lowest BCUT2D eigenvalue weighted by atomic mass is 9.95. The molecule has 0 spiro atoms. The second-order valence-corrected chi connectivity index (χ2v) is 10.3. The third-order valence-corrected chi connectivity index (χ3v) is 7.54. The molecule has 0 saturated carbocycles. The minimum absolute atomic E-state index is 0.131. The minimum atomic E-state index is -0.624. The van der Waals surface area contributed by atoms with E-state index >= 15 is 0 Å². The molecule has 0 bridgehead atoms. The van der Waals surface area contributed by atoms with Gasteiger partial charge in [-0.1, -0.05) is 6.07 Å². The summed E-state index contributed by atoms with van der Waals surface area (Å²) in [4.78, 5) is 25.2. The molecule has 1 fully saturated rings. The monoisotopic (exact) mass is 516 g/mol. The average molecular weight is 517 g/mol. The van der Waals surface area contributed by atoms with E-state index in [0.29, 0.717) is 38.2 Å². The van der Waals surface area contributed by atoms with E-state index in [9.17, 15) is 13.6 Å². The molecule has 6 nitrogen and oxygen atoms in total. The summed E-state index contributed by atoms with van der Waals surface area (Å²) < 4.78 is 34.2. The largest absolute Gasteiger partial charge is 0.491 e. The fourth-order valence-corrected chi connectivity index (χ4v) is 5.82. The van der Waals surface area contributed by atoms with Gasteiger partial charge in [-0.3, -0.25) is 0 Å². The quantitative estimate of drug-likeness (QED) is 0.324. The van der Waals surface area contributed by atoms with Crippen LogP contribution in [-0.4, -0.2) is 45.5 Å². The summed E-state index contributed by atoms with van der Waals surface area (Å²) in [5.74, 6) is 0.433. The number of piperidine rings is 1. The molecule has 2 aliphatic heterocycles. The van der Waals surface area contributed by atoms with Crippen molar-refractivity contribution in [3.8, 4) is 16.9 Å². The number of carbonyl (C=O) groups is 1. The highest BCUT2D eigenvalue weighted by Crippen LogP contribution is 2.36. The Morgan fingerprint density at radius 3 is 2.63 bits per heavy atom. The van der Waals surface area contributed by atoms with Crippen molar-refractivity contribution in [2.75, 3.05) is 19.7 Å². The van der Waals surface area contributed by atoms with Gasteiger partial charge in [0.15, 0.2) is 0 Å². The molecule has 196 valence electrons. The van der Waals surface area contributed by atoms with Crippen LogP contribution in [0, 0.1) is 25.5 Å². The lowest BCUT2D eigenvalue weighted by Gasteiger charge is -2.39. The number of H-pyrrole nitrogens is 1. The number of aromatic nitrogens is 2. The van der Waals surface area contributed by atoms with Crippen molar-refractivity contribution < 1.29 is 18.3 Å². The van der Waals surface area contributed by atoms with Crippen molar-refractivity contribution >= 4 is 17.1 Å². The van der Waals surface area contributed by atoms with E-state index in [1.54, 1.807) is 9.80 Å². The summed E-state index contributed by atoms with van der Waals surface area (Å²) in [6.45, 7) is 5.72. The molecule has 3 aromatic carbocycles. The summed E-state index contributed by atoms with van der Waals surface area (Å²) in [7, 11) is 0. The number of hydrogen-bond acceptors (Lipinski definition) is 3. The maximum Gasteiger partial charge on any atom is 0.320 e. The average Bonchev–Trinajstić information content (AvgIpc) is 3.13. The third-order valence-electron chi connectivity index (χ3n) is 7.54. The van der Waals surface area contributed by atoms with Gasteiger partial charge in [-0.2, -0.15) is 0 Å². The van der Waals surface area contributed by atoms with Crippen LogP contribution in [0.1, 0.15) is 47.8 Å². The van der Waals surface area contributed by atoms with Crippen molar-refractivity contribution in [2.45, 2.75) is 45.7 Å². The summed E-state index contributed by atoms with van der Waals surface area (Å²) >= 11 is 0. The molecular weight excluding hydrogens is 486 g/mol. The number of aryl methyl sites for hydroxylation is 2. The first kappa shape index (κ1) is 24.4. The van der Waals surface area contributed by atoms with E-state index in [0.717, 1.165) is 63.8 Å². The van der Waals surface area contributed by atoms with Gasteiger partial charge in [-0.25, -0.2) is 18.6 Å². The van der Waals surface area contributed by atoms with E-state index in [1.807, 2.05) is 19.9 Å². The van der Waals surface area contributed by atoms with Crippen molar-refractivity contribution in [2.24, 2.45) is 0 Å². The van der Waals surface area contributed by atoms with E-state index < -0.39 is 11.6 Å². The number of rotatable bonds is 2. The van der Waals surface area contributed by atoms with Gasteiger partial charge in [-0.05, 0) is 91.8 Å². The Kier molecular flexibility index (Phi) is 6.26. The van der Waals surface area contributed by atoms with Crippen LogP contribution in [-0.2, 0) is 6.54 Å². The van der Waals surface area contributed by atoms with E-state index in [-0.39, 0.29) is 12.1 Å². The van der Waals surface area contributed by atoms with Gasteiger partial charge in [0.2, 0.25) is 0 Å². The lowest BCUT2D eigenvalue weighted by Crippen LogP contribution is -2.47. The number of aromatic amines is 1. The van der Waals surface area contributed by atoms with Crippen molar-refractivity contribution in [3.63, 3.8) is 0 Å². The number of benzene rings is 3. The number of urea groups is 1. The zero-order valence-electron chi connectivity index (χ0n) is 21.6. The molecule has 3 heterocycles. The molecule has 1 atom stereocenters. The predicted molar refractivity (Wildman–Crippen MR) is 142 cm³/mol. The van der Waals surface area contributed by atoms with Crippen LogP contribution in [0.3, 0.4) is 0 Å². The van der Waals surface area contributed by atoms with Gasteiger partial charge in [0, 0.05) is 18.2 Å². The van der Waals surface area contributed by atoms with Crippen LogP contribution in [0.5, 0.6) is 5.75 Å². The summed E-state index contributed by atoms with van der Waals surface area (Å²) in [6, 6.07) is 13.4. The fraction of sp³-hybridized carbons (Fsp3) is 0.333. The number of imidazole rings is 1. The summed E-state index contributed by atoms with van der Waals surface area (Å²) in [5.41, 5.74) is 6.45. The molecular formula is C30H30F2N4O2. The van der Waals surface area contributed by atoms with E-state index in [4.69, 9.17) is 4.74 Å². The Morgan fingerprint density at radius 1 is 1.00 bits per heavy atom. The Balaban J connectivity index is 1.30. The third kappa shape index (κ3) is 4.59. The highest BCUT2D eigenvalue weighted by molar-refractivity contribution is 5.83. The fourth-order valence-electron chi connectivity index (χ4n) is 5.82. The first-order valence-electron chi connectivity index (χ1n) is 13.1. The number of ether oxygens (including phenoxy) is 1. The van der Waals surface area contributed by atoms with Gasteiger partial charge in [-0.15, -0.1) is 0 Å². The van der Waals surface area contributed by atoms with E-state index in [1.165, 1.54) is 12.1 Å². The van der Waals surface area contributed by atoms with Gasteiger partial charge in [0.05, 0.1) is 30.2 Å². The lowest BCUT2D eigenvalue weighted by molar-refractivity contribution is 0.110. The van der Waals surface area contributed by atoms with Crippen LogP contribution >= 0.6 is 0 Å². The zero-order chi connectivity index (χ0) is 26.4. The molecule has 1 unspecified atom stereocenters. The summed E-state index contributed by atoms with van der Waals surface area (Å²) in [6.07, 6.45) is 2.44. The Morgan fingerprint density at radius 2 is 1.82 bits per heavy atom. The first-order chi connectivity index (χ1) is 18.4. The number of nitrogens with one attached hydrogen (secondary N) is 1. The minimum Gasteiger partial charge on any atom is -0.491 e. The molecule has 1 aromatic heterocycles. The molecule has 1 saturated heterocycles. The number of nitrogens with zero attached hydrogens (tertiary/aromatic N) is 3.